The van der Waals surface area contributed by atoms with E-state index in [0.29, 0.717) is 23.8 Å². The fourth-order valence-electron chi connectivity index (χ4n) is 2.89. The van der Waals surface area contributed by atoms with Crippen LogP contribution in [0.4, 0.5) is 0 Å². The summed E-state index contributed by atoms with van der Waals surface area (Å²) in [6, 6.07) is 3.84. The van der Waals surface area contributed by atoms with Crippen molar-refractivity contribution in [2.45, 2.75) is 32.7 Å². The van der Waals surface area contributed by atoms with Gasteiger partial charge in [0.05, 0.1) is 27.4 Å². The van der Waals surface area contributed by atoms with E-state index >= 15 is 0 Å². The van der Waals surface area contributed by atoms with Crippen molar-refractivity contribution in [2.24, 2.45) is 5.92 Å². The molecule has 25 heavy (non-hydrogen) atoms. The predicted octanol–water partition coefficient (Wildman–Crippen LogP) is 2.87. The molecular formula is C19H32N2O4. The molecule has 1 aromatic rings. The molecule has 0 spiro atoms. The first-order valence-corrected chi connectivity index (χ1v) is 8.67. The van der Waals surface area contributed by atoms with Crippen molar-refractivity contribution in [1.29, 1.82) is 0 Å². The molecule has 0 aromatic heterocycles. The molecule has 0 bridgehead atoms. The van der Waals surface area contributed by atoms with Crippen molar-refractivity contribution in [1.82, 2.24) is 10.2 Å². The minimum absolute atomic E-state index is 0.00739. The van der Waals surface area contributed by atoms with Gasteiger partial charge in [0.1, 0.15) is 0 Å². The fourth-order valence-corrected chi connectivity index (χ4v) is 2.89. The summed E-state index contributed by atoms with van der Waals surface area (Å²) in [5, 5.41) is 3.07. The van der Waals surface area contributed by atoms with Gasteiger partial charge < -0.3 is 24.4 Å². The number of ether oxygens (including phenoxy) is 3. The van der Waals surface area contributed by atoms with Crippen LogP contribution in [0.5, 0.6) is 17.2 Å². The van der Waals surface area contributed by atoms with Gasteiger partial charge in [-0.05, 0) is 44.6 Å². The van der Waals surface area contributed by atoms with Gasteiger partial charge in [0, 0.05) is 12.5 Å². The highest BCUT2D eigenvalue weighted by molar-refractivity contribution is 5.78. The van der Waals surface area contributed by atoms with Crippen LogP contribution in [-0.4, -0.2) is 52.8 Å². The average Bonchev–Trinajstić information content (AvgIpc) is 2.61. The molecule has 1 rings (SSSR count). The minimum atomic E-state index is -0.00739. The van der Waals surface area contributed by atoms with E-state index in [2.05, 4.69) is 10.2 Å². The van der Waals surface area contributed by atoms with E-state index in [1.807, 2.05) is 40.1 Å². The lowest BCUT2D eigenvalue weighted by molar-refractivity contribution is -0.125. The van der Waals surface area contributed by atoms with E-state index in [9.17, 15) is 4.79 Å². The first kappa shape index (κ1) is 21.1. The maximum absolute atomic E-state index is 12.3. The Balaban J connectivity index is 3.08. The summed E-state index contributed by atoms with van der Waals surface area (Å²) in [6.07, 6.45) is 1.69. The highest BCUT2D eigenvalue weighted by Gasteiger charge is 2.22. The number of nitrogens with one attached hydrogen (secondary N) is 1. The number of amides is 1. The Kier molecular flexibility index (Phi) is 8.55. The van der Waals surface area contributed by atoms with E-state index in [1.54, 1.807) is 21.3 Å². The molecule has 0 aliphatic carbocycles. The lowest BCUT2D eigenvalue weighted by atomic mass is 10.0. The van der Waals surface area contributed by atoms with Crippen LogP contribution in [0, 0.1) is 5.92 Å². The van der Waals surface area contributed by atoms with Crippen LogP contribution < -0.4 is 19.5 Å². The first-order valence-electron chi connectivity index (χ1n) is 8.67. The number of hydrogen-bond acceptors (Lipinski definition) is 5. The third-order valence-electron chi connectivity index (χ3n) is 4.52. The van der Waals surface area contributed by atoms with Gasteiger partial charge in [-0.25, -0.2) is 0 Å². The van der Waals surface area contributed by atoms with Gasteiger partial charge in [0.2, 0.25) is 11.7 Å². The van der Waals surface area contributed by atoms with Crippen LogP contribution in [-0.2, 0) is 4.79 Å². The van der Waals surface area contributed by atoms with Gasteiger partial charge in [-0.3, -0.25) is 4.79 Å². The van der Waals surface area contributed by atoms with Gasteiger partial charge in [-0.2, -0.15) is 0 Å². The monoisotopic (exact) mass is 352 g/mol. The van der Waals surface area contributed by atoms with E-state index in [-0.39, 0.29) is 17.9 Å². The molecule has 1 aromatic carbocycles. The largest absolute Gasteiger partial charge is 0.493 e. The maximum Gasteiger partial charge on any atom is 0.223 e. The Bertz CT molecular complexity index is 531. The van der Waals surface area contributed by atoms with Gasteiger partial charge in [0.15, 0.2) is 11.5 Å². The zero-order valence-electron chi connectivity index (χ0n) is 16.5. The maximum atomic E-state index is 12.3. The number of carbonyl (C=O) groups excluding carboxylic acids is 1. The molecule has 0 radical (unpaired) electrons. The molecule has 0 fully saturated rings. The highest BCUT2D eigenvalue weighted by atomic mass is 16.5. The summed E-state index contributed by atoms with van der Waals surface area (Å²) in [5.41, 5.74) is 0.990. The molecule has 6 heteroatoms. The number of nitrogens with zero attached hydrogens (tertiary/aromatic N) is 1. The first-order chi connectivity index (χ1) is 11.9. The Morgan fingerprint density at radius 1 is 1.04 bits per heavy atom. The number of likely N-dealkylation sites (N-methyl/N-ethyl adjacent to an activating group) is 1. The summed E-state index contributed by atoms with van der Waals surface area (Å²) in [7, 11) is 8.74. The van der Waals surface area contributed by atoms with Crippen molar-refractivity contribution in [3.63, 3.8) is 0 Å². The number of methoxy groups -OCH3 is 3. The number of hydrogen-bond donors (Lipinski definition) is 1. The van der Waals surface area contributed by atoms with Crippen LogP contribution in [0.1, 0.15) is 38.3 Å². The Labute approximate surface area is 151 Å². The van der Waals surface area contributed by atoms with Crippen molar-refractivity contribution in [3.05, 3.63) is 17.7 Å². The zero-order valence-corrected chi connectivity index (χ0v) is 16.5. The SMILES string of the molecule is CCC(CC)C(=O)NCC(c1cc(OC)c(OC)c(OC)c1)N(C)C. The quantitative estimate of drug-likeness (QED) is 0.702. The van der Waals surface area contributed by atoms with Gasteiger partial charge >= 0.3 is 0 Å². The number of rotatable bonds is 10. The van der Waals surface area contributed by atoms with Crippen LogP contribution in [0.2, 0.25) is 0 Å². The van der Waals surface area contributed by atoms with Crippen LogP contribution >= 0.6 is 0 Å². The number of benzene rings is 1. The molecule has 1 unspecified atom stereocenters. The third-order valence-corrected chi connectivity index (χ3v) is 4.52. The van der Waals surface area contributed by atoms with Crippen LogP contribution in [0.15, 0.2) is 12.1 Å². The Hall–Kier alpha value is -1.95. The van der Waals surface area contributed by atoms with Crippen molar-refractivity contribution < 1.29 is 19.0 Å². The standard InChI is InChI=1S/C19H32N2O4/c1-8-13(9-2)19(22)20-12-15(21(3)4)14-10-16(23-5)18(25-7)17(11-14)24-6/h10-11,13,15H,8-9,12H2,1-7H3,(H,20,22). The van der Waals surface area contributed by atoms with E-state index < -0.39 is 0 Å². The van der Waals surface area contributed by atoms with Gasteiger partial charge in [-0.1, -0.05) is 13.8 Å². The van der Waals surface area contributed by atoms with Gasteiger partial charge in [-0.15, -0.1) is 0 Å². The topological polar surface area (TPSA) is 60.0 Å². The van der Waals surface area contributed by atoms with E-state index in [1.165, 1.54) is 0 Å². The molecule has 6 nitrogen and oxygen atoms in total. The molecule has 0 saturated heterocycles. The lowest BCUT2D eigenvalue weighted by Crippen LogP contribution is -2.37. The molecule has 0 aliphatic rings. The predicted molar refractivity (Wildman–Crippen MR) is 99.6 cm³/mol. The third kappa shape index (κ3) is 5.26. The molecule has 0 heterocycles. The Morgan fingerprint density at radius 2 is 1.56 bits per heavy atom. The molecule has 142 valence electrons. The average molecular weight is 352 g/mol. The molecular weight excluding hydrogens is 320 g/mol. The summed E-state index contributed by atoms with van der Waals surface area (Å²) >= 11 is 0. The van der Waals surface area contributed by atoms with Crippen molar-refractivity contribution in [2.75, 3.05) is 42.0 Å². The van der Waals surface area contributed by atoms with Crippen LogP contribution in [0.3, 0.4) is 0 Å². The van der Waals surface area contributed by atoms with Crippen molar-refractivity contribution >= 4 is 5.91 Å². The van der Waals surface area contributed by atoms with E-state index in [4.69, 9.17) is 14.2 Å². The number of carbonyl (C=O) groups is 1. The highest BCUT2D eigenvalue weighted by Crippen LogP contribution is 2.40. The normalized spacial score (nSPS) is 12.2. The second kappa shape index (κ2) is 10.1. The fraction of sp³-hybridized carbons (Fsp3) is 0.632. The summed E-state index contributed by atoms with van der Waals surface area (Å²) in [6.45, 7) is 4.59. The minimum Gasteiger partial charge on any atom is -0.493 e. The van der Waals surface area contributed by atoms with Crippen molar-refractivity contribution in [3.8, 4) is 17.2 Å². The smallest absolute Gasteiger partial charge is 0.223 e. The molecule has 1 atom stereocenters. The molecule has 1 amide bonds. The van der Waals surface area contributed by atoms with Crippen LogP contribution in [0.25, 0.3) is 0 Å². The molecule has 0 aliphatic heterocycles. The second-order valence-electron chi connectivity index (χ2n) is 6.20. The van der Waals surface area contributed by atoms with E-state index in [0.717, 1.165) is 18.4 Å². The second-order valence-corrected chi connectivity index (χ2v) is 6.20. The summed E-state index contributed by atoms with van der Waals surface area (Å²) in [4.78, 5) is 14.4. The molecule has 1 N–H and O–H groups in total. The summed E-state index contributed by atoms with van der Waals surface area (Å²) < 4.78 is 16.3. The Morgan fingerprint density at radius 3 is 1.92 bits per heavy atom. The lowest BCUT2D eigenvalue weighted by Gasteiger charge is -2.27. The zero-order chi connectivity index (χ0) is 19.0. The molecule has 0 saturated carbocycles. The summed E-state index contributed by atoms with van der Waals surface area (Å²) in [5.74, 6) is 1.93. The van der Waals surface area contributed by atoms with Gasteiger partial charge in [0.25, 0.3) is 0 Å².